The van der Waals surface area contributed by atoms with Crippen LogP contribution < -0.4 is 10.1 Å². The predicted molar refractivity (Wildman–Crippen MR) is 130 cm³/mol. The van der Waals surface area contributed by atoms with Crippen molar-refractivity contribution in [2.24, 2.45) is 4.99 Å². The number of carbonyl (C=O) groups is 1. The zero-order valence-electron chi connectivity index (χ0n) is 18.3. The Morgan fingerprint density at radius 1 is 1.19 bits per heavy atom. The van der Waals surface area contributed by atoms with Crippen molar-refractivity contribution in [3.8, 4) is 11.8 Å². The van der Waals surface area contributed by atoms with Crippen molar-refractivity contribution in [1.29, 1.82) is 5.26 Å². The van der Waals surface area contributed by atoms with Crippen LogP contribution in [0, 0.1) is 25.2 Å². The van der Waals surface area contributed by atoms with Crippen LogP contribution >= 0.6 is 11.3 Å². The molecule has 0 atom stereocenters. The highest BCUT2D eigenvalue weighted by atomic mass is 32.1. The third-order valence-corrected chi connectivity index (χ3v) is 6.59. The number of aliphatic imine (C=N–C) groups is 1. The van der Waals surface area contributed by atoms with Crippen molar-refractivity contribution in [3.05, 3.63) is 75.2 Å². The molecule has 162 valence electrons. The summed E-state index contributed by atoms with van der Waals surface area (Å²) in [6.45, 7) is 4.02. The number of rotatable bonds is 6. The number of para-hydroxylation sites is 1. The molecular weight excluding hydrogens is 418 g/mol. The monoisotopic (exact) mass is 443 g/mol. The fraction of sp³-hybridized carbons (Fsp3) is 0.269. The number of nitrogens with one attached hydrogen (secondary N) is 1. The molecule has 1 heterocycles. The van der Waals surface area contributed by atoms with Crippen LogP contribution in [0.15, 0.2) is 47.5 Å². The Labute approximate surface area is 192 Å². The molecule has 0 unspecified atom stereocenters. The lowest BCUT2D eigenvalue weighted by Crippen LogP contribution is -2.15. The average Bonchev–Trinajstić information content (AvgIpc) is 3.14. The molecule has 5 nitrogen and oxygen atoms in total. The lowest BCUT2D eigenvalue weighted by molar-refractivity contribution is 0.102. The summed E-state index contributed by atoms with van der Waals surface area (Å²) in [7, 11) is 0. The molecular formula is C26H25N3O2S. The highest BCUT2D eigenvalue weighted by molar-refractivity contribution is 7.16. The molecule has 0 radical (unpaired) electrons. The van der Waals surface area contributed by atoms with Gasteiger partial charge in [0.1, 0.15) is 16.8 Å². The van der Waals surface area contributed by atoms with E-state index < -0.39 is 0 Å². The summed E-state index contributed by atoms with van der Waals surface area (Å²) in [6, 6.07) is 15.5. The van der Waals surface area contributed by atoms with Gasteiger partial charge in [-0.1, -0.05) is 18.2 Å². The third kappa shape index (κ3) is 4.90. The highest BCUT2D eigenvalue weighted by Crippen LogP contribution is 2.40. The van der Waals surface area contributed by atoms with Gasteiger partial charge in [-0.15, -0.1) is 11.3 Å². The zero-order valence-corrected chi connectivity index (χ0v) is 19.1. The highest BCUT2D eigenvalue weighted by Gasteiger charge is 2.25. The first-order chi connectivity index (χ1) is 15.5. The number of nitrogens with zero attached hydrogens (tertiary/aromatic N) is 2. The maximum absolute atomic E-state index is 13.4. The molecule has 1 aliphatic carbocycles. The van der Waals surface area contributed by atoms with Gasteiger partial charge >= 0.3 is 0 Å². The van der Waals surface area contributed by atoms with Crippen LogP contribution in [0.4, 0.5) is 10.7 Å². The fourth-order valence-corrected chi connectivity index (χ4v) is 5.30. The number of hydrogen-bond acceptors (Lipinski definition) is 5. The molecule has 1 aromatic heterocycles. The van der Waals surface area contributed by atoms with E-state index in [9.17, 15) is 4.79 Å². The Bertz CT molecular complexity index is 1200. The second kappa shape index (κ2) is 9.80. The number of nitriles is 1. The molecule has 1 amide bonds. The number of thiophene rings is 1. The molecule has 1 aliphatic rings. The maximum Gasteiger partial charge on any atom is 0.259 e. The lowest BCUT2D eigenvalue weighted by Gasteiger charge is -2.13. The summed E-state index contributed by atoms with van der Waals surface area (Å²) in [5.74, 6) is 0.482. The summed E-state index contributed by atoms with van der Waals surface area (Å²) >= 11 is 1.60. The molecule has 0 saturated carbocycles. The summed E-state index contributed by atoms with van der Waals surface area (Å²) in [5.41, 5.74) is 5.60. The van der Waals surface area contributed by atoms with Crippen molar-refractivity contribution in [1.82, 2.24) is 0 Å². The first kappa shape index (κ1) is 21.8. The SMILES string of the molecule is Cc1cc(C)cc(NC(=O)c2c(N=Cc3ccccc3OCC#N)sc3c2CCCC3)c1. The molecule has 0 aliphatic heterocycles. The predicted octanol–water partition coefficient (Wildman–Crippen LogP) is 6.15. The van der Waals surface area contributed by atoms with Gasteiger partial charge in [0.15, 0.2) is 6.61 Å². The van der Waals surface area contributed by atoms with Gasteiger partial charge in [0.05, 0.1) is 5.56 Å². The number of carbonyl (C=O) groups excluding carboxylic acids is 1. The van der Waals surface area contributed by atoms with Gasteiger partial charge in [0, 0.05) is 22.3 Å². The van der Waals surface area contributed by atoms with Gasteiger partial charge < -0.3 is 10.1 Å². The summed E-state index contributed by atoms with van der Waals surface area (Å²) in [4.78, 5) is 19.3. The molecule has 0 spiro atoms. The van der Waals surface area contributed by atoms with Gasteiger partial charge in [0.25, 0.3) is 5.91 Å². The molecule has 4 rings (SSSR count). The van der Waals surface area contributed by atoms with Crippen molar-refractivity contribution in [3.63, 3.8) is 0 Å². The summed E-state index contributed by atoms with van der Waals surface area (Å²) in [6.07, 6.45) is 5.83. The fourth-order valence-electron chi connectivity index (χ4n) is 4.07. The Kier molecular flexibility index (Phi) is 6.67. The maximum atomic E-state index is 13.4. The van der Waals surface area contributed by atoms with Gasteiger partial charge in [-0.3, -0.25) is 4.79 Å². The van der Waals surface area contributed by atoms with E-state index in [4.69, 9.17) is 15.0 Å². The first-order valence-electron chi connectivity index (χ1n) is 10.7. The molecule has 2 aromatic carbocycles. The molecule has 0 saturated heterocycles. The van der Waals surface area contributed by atoms with E-state index in [2.05, 4.69) is 11.4 Å². The standard InChI is InChI=1S/C26H25N3O2S/c1-17-13-18(2)15-20(14-17)29-25(30)24-21-8-4-6-10-23(21)32-26(24)28-16-19-7-3-5-9-22(19)31-12-11-27/h3,5,7,9,13-16H,4,6,8,10,12H2,1-2H3,(H,29,30). The number of amides is 1. The molecule has 6 heteroatoms. The largest absolute Gasteiger partial charge is 0.478 e. The van der Waals surface area contributed by atoms with Gasteiger partial charge in [0.2, 0.25) is 0 Å². The van der Waals surface area contributed by atoms with Crippen LogP contribution in [-0.4, -0.2) is 18.7 Å². The van der Waals surface area contributed by atoms with E-state index in [1.807, 2.05) is 56.3 Å². The molecule has 1 N–H and O–H groups in total. The van der Waals surface area contributed by atoms with Gasteiger partial charge in [-0.05, 0) is 80.5 Å². The second-order valence-electron chi connectivity index (χ2n) is 7.96. The molecule has 3 aromatic rings. The smallest absolute Gasteiger partial charge is 0.259 e. The van der Waals surface area contributed by atoms with E-state index in [0.29, 0.717) is 16.3 Å². The zero-order chi connectivity index (χ0) is 22.5. The van der Waals surface area contributed by atoms with Crippen LogP contribution in [0.1, 0.15) is 50.3 Å². The van der Waals surface area contributed by atoms with Crippen molar-refractivity contribution < 1.29 is 9.53 Å². The van der Waals surface area contributed by atoms with Gasteiger partial charge in [-0.25, -0.2) is 4.99 Å². The Hall–Kier alpha value is -3.43. The number of ether oxygens (including phenoxy) is 1. The molecule has 0 bridgehead atoms. The van der Waals surface area contributed by atoms with Crippen molar-refractivity contribution in [2.45, 2.75) is 39.5 Å². The number of hydrogen-bond donors (Lipinski definition) is 1. The number of benzene rings is 2. The Morgan fingerprint density at radius 2 is 1.94 bits per heavy atom. The number of anilines is 1. The van der Waals surface area contributed by atoms with Crippen LogP contribution in [0.25, 0.3) is 0 Å². The lowest BCUT2D eigenvalue weighted by atomic mass is 9.95. The number of aryl methyl sites for hydroxylation is 3. The topological polar surface area (TPSA) is 74.5 Å². The van der Waals surface area contributed by atoms with E-state index >= 15 is 0 Å². The van der Waals surface area contributed by atoms with Crippen LogP contribution in [0.3, 0.4) is 0 Å². The number of fused-ring (bicyclic) bond motifs is 1. The van der Waals surface area contributed by atoms with E-state index in [1.54, 1.807) is 17.6 Å². The Morgan fingerprint density at radius 3 is 2.72 bits per heavy atom. The van der Waals surface area contributed by atoms with E-state index in [1.165, 1.54) is 4.88 Å². The van der Waals surface area contributed by atoms with Crippen LogP contribution in [-0.2, 0) is 12.8 Å². The van der Waals surface area contributed by atoms with E-state index in [0.717, 1.165) is 53.6 Å². The normalized spacial score (nSPS) is 12.9. The van der Waals surface area contributed by atoms with Crippen molar-refractivity contribution in [2.75, 3.05) is 11.9 Å². The Balaban J connectivity index is 1.68. The van der Waals surface area contributed by atoms with Crippen molar-refractivity contribution >= 4 is 34.1 Å². The first-order valence-corrected chi connectivity index (χ1v) is 11.5. The summed E-state index contributed by atoms with van der Waals surface area (Å²) < 4.78 is 5.51. The third-order valence-electron chi connectivity index (χ3n) is 5.39. The minimum atomic E-state index is -0.115. The summed E-state index contributed by atoms with van der Waals surface area (Å²) in [5, 5.41) is 12.6. The second-order valence-corrected chi connectivity index (χ2v) is 9.05. The van der Waals surface area contributed by atoms with Crippen LogP contribution in [0.5, 0.6) is 5.75 Å². The molecule has 32 heavy (non-hydrogen) atoms. The van der Waals surface area contributed by atoms with Gasteiger partial charge in [-0.2, -0.15) is 5.26 Å². The van der Waals surface area contributed by atoms with Crippen LogP contribution in [0.2, 0.25) is 0 Å². The molecule has 0 fully saturated rings. The quantitative estimate of drug-likeness (QED) is 0.464. The minimum Gasteiger partial charge on any atom is -0.478 e. The minimum absolute atomic E-state index is 0.0261. The average molecular weight is 444 g/mol. The van der Waals surface area contributed by atoms with E-state index in [-0.39, 0.29) is 12.5 Å².